The molecule has 0 atom stereocenters. The van der Waals surface area contributed by atoms with E-state index >= 15 is 0 Å². The fourth-order valence-corrected chi connectivity index (χ4v) is 4.86. The molecule has 0 radical (unpaired) electrons. The third-order valence-electron chi connectivity index (χ3n) is 4.98. The molecule has 6 heteroatoms. The summed E-state index contributed by atoms with van der Waals surface area (Å²) in [4.78, 5) is 14.2. The predicted molar refractivity (Wildman–Crippen MR) is 105 cm³/mol. The van der Waals surface area contributed by atoms with Crippen molar-refractivity contribution in [2.45, 2.75) is 35.8 Å². The third kappa shape index (κ3) is 4.69. The molecule has 1 heterocycles. The molecule has 1 amide bonds. The maximum Gasteiger partial charge on any atom is 0.222 e. The van der Waals surface area contributed by atoms with Gasteiger partial charge < -0.3 is 9.64 Å². The van der Waals surface area contributed by atoms with Crippen LogP contribution >= 0.6 is 0 Å². The van der Waals surface area contributed by atoms with Crippen molar-refractivity contribution in [2.75, 3.05) is 20.2 Å². The number of benzene rings is 2. The lowest BCUT2D eigenvalue weighted by atomic mass is 10.1. The van der Waals surface area contributed by atoms with Crippen LogP contribution in [0.1, 0.15) is 24.8 Å². The van der Waals surface area contributed by atoms with Gasteiger partial charge in [-0.15, -0.1) is 0 Å². The molecule has 5 nitrogen and oxygen atoms in total. The van der Waals surface area contributed by atoms with Crippen LogP contribution in [0.2, 0.25) is 0 Å². The van der Waals surface area contributed by atoms with Gasteiger partial charge in [0.05, 0.1) is 12.0 Å². The largest absolute Gasteiger partial charge is 0.497 e. The molecule has 144 valence electrons. The van der Waals surface area contributed by atoms with Crippen LogP contribution in [-0.2, 0) is 21.1 Å². The van der Waals surface area contributed by atoms with Gasteiger partial charge in [0.2, 0.25) is 5.91 Å². The number of hydrogen-bond donors (Lipinski definition) is 0. The van der Waals surface area contributed by atoms with Crippen molar-refractivity contribution in [1.82, 2.24) is 4.90 Å². The van der Waals surface area contributed by atoms with Crippen LogP contribution in [0, 0.1) is 0 Å². The Morgan fingerprint density at radius 3 is 2.33 bits per heavy atom. The fourth-order valence-electron chi connectivity index (χ4n) is 3.20. The molecule has 0 aromatic heterocycles. The second kappa shape index (κ2) is 8.57. The Balaban J connectivity index is 1.43. The Morgan fingerprint density at radius 1 is 1.04 bits per heavy atom. The maximum absolute atomic E-state index is 12.6. The molecule has 1 saturated heterocycles. The van der Waals surface area contributed by atoms with Gasteiger partial charge in [-0.25, -0.2) is 8.42 Å². The molecule has 1 aliphatic heterocycles. The molecular formula is C21H25NO4S. The summed E-state index contributed by atoms with van der Waals surface area (Å²) in [5.74, 6) is 0.666. The van der Waals surface area contributed by atoms with Crippen molar-refractivity contribution in [3.8, 4) is 5.75 Å². The number of likely N-dealkylation sites (tertiary alicyclic amines) is 1. The molecule has 2 aromatic rings. The topological polar surface area (TPSA) is 63.7 Å². The monoisotopic (exact) mass is 387 g/mol. The molecule has 0 spiro atoms. The molecule has 2 aromatic carbocycles. The van der Waals surface area contributed by atoms with Crippen molar-refractivity contribution in [2.24, 2.45) is 0 Å². The number of ether oxygens (including phenoxy) is 1. The fraction of sp³-hybridized carbons (Fsp3) is 0.381. The second-order valence-corrected chi connectivity index (χ2v) is 9.06. The summed E-state index contributed by atoms with van der Waals surface area (Å²) in [6, 6.07) is 16.6. The van der Waals surface area contributed by atoms with Gasteiger partial charge in [0.15, 0.2) is 9.84 Å². The van der Waals surface area contributed by atoms with E-state index in [1.54, 1.807) is 36.3 Å². The Morgan fingerprint density at radius 2 is 1.70 bits per heavy atom. The summed E-state index contributed by atoms with van der Waals surface area (Å²) in [6.45, 7) is 0.567. The number of amides is 1. The minimum atomic E-state index is -3.40. The van der Waals surface area contributed by atoms with E-state index in [1.807, 2.05) is 18.2 Å². The number of nitrogens with zero attached hydrogens (tertiary/aromatic N) is 1. The van der Waals surface area contributed by atoms with E-state index in [-0.39, 0.29) is 23.9 Å². The maximum atomic E-state index is 12.6. The summed E-state index contributed by atoms with van der Waals surface area (Å²) >= 11 is 0. The van der Waals surface area contributed by atoms with Gasteiger partial charge in [0, 0.05) is 19.5 Å². The van der Waals surface area contributed by atoms with Crippen LogP contribution in [0.15, 0.2) is 59.5 Å². The van der Waals surface area contributed by atoms with Crippen molar-refractivity contribution >= 4 is 15.7 Å². The molecule has 3 rings (SSSR count). The highest BCUT2D eigenvalue weighted by Gasteiger charge is 2.40. The van der Waals surface area contributed by atoms with Gasteiger partial charge in [0.1, 0.15) is 11.0 Å². The Hall–Kier alpha value is -2.34. The molecule has 0 unspecified atom stereocenters. The zero-order chi connectivity index (χ0) is 19.3. The van der Waals surface area contributed by atoms with Crippen LogP contribution in [0.5, 0.6) is 5.75 Å². The first kappa shape index (κ1) is 19.4. The summed E-state index contributed by atoms with van der Waals surface area (Å²) in [5, 5.41) is -0.515. The third-order valence-corrected chi connectivity index (χ3v) is 7.08. The van der Waals surface area contributed by atoms with Crippen LogP contribution in [-0.4, -0.2) is 44.7 Å². The molecule has 0 bridgehead atoms. The highest BCUT2D eigenvalue weighted by Crippen LogP contribution is 2.26. The number of hydrogen-bond acceptors (Lipinski definition) is 4. The number of carbonyl (C=O) groups excluding carboxylic acids is 1. The standard InChI is InChI=1S/C21H25NO4S/c1-26-18-11-13-19(14-12-18)27(24,25)20-15-22(16-20)21(23)10-6-5-9-17-7-3-2-4-8-17/h2-4,7-8,11-14,20H,5-6,9-10,15-16H2,1H3. The van der Waals surface area contributed by atoms with E-state index in [0.717, 1.165) is 19.3 Å². The molecule has 27 heavy (non-hydrogen) atoms. The lowest BCUT2D eigenvalue weighted by Gasteiger charge is -2.38. The van der Waals surface area contributed by atoms with Gasteiger partial charge >= 0.3 is 0 Å². The minimum absolute atomic E-state index is 0.0456. The summed E-state index contributed by atoms with van der Waals surface area (Å²) in [5.41, 5.74) is 1.28. The molecule has 0 N–H and O–H groups in total. The minimum Gasteiger partial charge on any atom is -0.497 e. The van der Waals surface area contributed by atoms with E-state index in [2.05, 4.69) is 12.1 Å². The molecule has 0 saturated carbocycles. The van der Waals surface area contributed by atoms with Gasteiger partial charge in [-0.3, -0.25) is 4.79 Å². The molecule has 1 fully saturated rings. The highest BCUT2D eigenvalue weighted by molar-refractivity contribution is 7.92. The molecule has 0 aliphatic carbocycles. The normalized spacial score (nSPS) is 14.6. The van der Waals surface area contributed by atoms with Gasteiger partial charge in [-0.1, -0.05) is 30.3 Å². The SMILES string of the molecule is COc1ccc(S(=O)(=O)C2CN(C(=O)CCCCc3ccccc3)C2)cc1. The Bertz CT molecular complexity index is 857. The number of carbonyl (C=O) groups is 1. The van der Waals surface area contributed by atoms with E-state index < -0.39 is 15.1 Å². The smallest absolute Gasteiger partial charge is 0.222 e. The average molecular weight is 388 g/mol. The first-order chi connectivity index (χ1) is 13.0. The van der Waals surface area contributed by atoms with E-state index in [1.165, 1.54) is 5.56 Å². The molecular weight excluding hydrogens is 362 g/mol. The van der Waals surface area contributed by atoms with Crippen LogP contribution < -0.4 is 4.74 Å². The van der Waals surface area contributed by atoms with E-state index in [9.17, 15) is 13.2 Å². The van der Waals surface area contributed by atoms with Crippen molar-refractivity contribution in [1.29, 1.82) is 0 Å². The number of methoxy groups -OCH3 is 1. The first-order valence-corrected chi connectivity index (χ1v) is 10.7. The Labute approximate surface area is 160 Å². The van der Waals surface area contributed by atoms with Crippen LogP contribution in [0.25, 0.3) is 0 Å². The zero-order valence-corrected chi connectivity index (χ0v) is 16.3. The number of rotatable bonds is 8. The van der Waals surface area contributed by atoms with E-state index in [0.29, 0.717) is 12.2 Å². The van der Waals surface area contributed by atoms with E-state index in [4.69, 9.17) is 4.74 Å². The predicted octanol–water partition coefficient (Wildman–Crippen LogP) is 3.09. The summed E-state index contributed by atoms with van der Waals surface area (Å²) < 4.78 is 30.3. The Kier molecular flexibility index (Phi) is 6.16. The highest BCUT2D eigenvalue weighted by atomic mass is 32.2. The quantitative estimate of drug-likeness (QED) is 0.653. The summed E-state index contributed by atoms with van der Waals surface area (Å²) in [7, 11) is -1.86. The van der Waals surface area contributed by atoms with Crippen molar-refractivity contribution < 1.29 is 17.9 Å². The average Bonchev–Trinajstić information content (AvgIpc) is 2.65. The lowest BCUT2D eigenvalue weighted by molar-refractivity contribution is -0.134. The number of unbranched alkanes of at least 4 members (excludes halogenated alkanes) is 1. The van der Waals surface area contributed by atoms with Crippen LogP contribution in [0.3, 0.4) is 0 Å². The summed E-state index contributed by atoms with van der Waals surface area (Å²) in [6.07, 6.45) is 3.21. The first-order valence-electron chi connectivity index (χ1n) is 9.20. The number of aryl methyl sites for hydroxylation is 1. The van der Waals surface area contributed by atoms with Crippen molar-refractivity contribution in [3.05, 3.63) is 60.2 Å². The van der Waals surface area contributed by atoms with Gasteiger partial charge in [-0.05, 0) is 49.1 Å². The van der Waals surface area contributed by atoms with Gasteiger partial charge in [0.25, 0.3) is 0 Å². The lowest BCUT2D eigenvalue weighted by Crippen LogP contribution is -2.56. The van der Waals surface area contributed by atoms with Gasteiger partial charge in [-0.2, -0.15) is 0 Å². The van der Waals surface area contributed by atoms with Crippen molar-refractivity contribution in [3.63, 3.8) is 0 Å². The second-order valence-electron chi connectivity index (χ2n) is 6.83. The zero-order valence-electron chi connectivity index (χ0n) is 15.5. The number of sulfone groups is 1. The molecule has 1 aliphatic rings. The van der Waals surface area contributed by atoms with Crippen LogP contribution in [0.4, 0.5) is 0 Å².